The average molecular weight is 215 g/mol. The van der Waals surface area contributed by atoms with Crippen molar-refractivity contribution in [2.24, 2.45) is 0 Å². The standard InChI is InChI=1S/C10H9N5O/c11-5-8-2-1-3-9(4-8)10(16)14-15-6-12-13-7-15/h1-4,6-7,10,14,16H. The summed E-state index contributed by atoms with van der Waals surface area (Å²) in [6.07, 6.45) is 1.94. The first-order chi connectivity index (χ1) is 7.79. The molecule has 0 radical (unpaired) electrons. The third kappa shape index (κ3) is 2.16. The van der Waals surface area contributed by atoms with Gasteiger partial charge in [0.15, 0.2) is 6.23 Å². The third-order valence-electron chi connectivity index (χ3n) is 2.02. The lowest BCUT2D eigenvalue weighted by Gasteiger charge is -2.14. The molecule has 0 aliphatic rings. The van der Waals surface area contributed by atoms with Crippen molar-refractivity contribution < 1.29 is 5.11 Å². The van der Waals surface area contributed by atoms with Crippen LogP contribution in [0.5, 0.6) is 0 Å². The van der Waals surface area contributed by atoms with Crippen LogP contribution in [0.2, 0.25) is 0 Å². The summed E-state index contributed by atoms with van der Waals surface area (Å²) in [5, 5.41) is 25.7. The smallest absolute Gasteiger partial charge is 0.164 e. The van der Waals surface area contributed by atoms with Gasteiger partial charge in [0.2, 0.25) is 0 Å². The highest BCUT2D eigenvalue weighted by molar-refractivity contribution is 5.34. The quantitative estimate of drug-likeness (QED) is 0.723. The van der Waals surface area contributed by atoms with Crippen LogP contribution in [-0.2, 0) is 0 Å². The Hall–Kier alpha value is -2.39. The summed E-state index contributed by atoms with van der Waals surface area (Å²) in [4.78, 5) is 0. The summed E-state index contributed by atoms with van der Waals surface area (Å²) in [6, 6.07) is 8.74. The van der Waals surface area contributed by atoms with Crippen LogP contribution in [-0.4, -0.2) is 20.0 Å². The highest BCUT2D eigenvalue weighted by Gasteiger charge is 2.07. The highest BCUT2D eigenvalue weighted by atomic mass is 16.3. The van der Waals surface area contributed by atoms with Crippen LogP contribution >= 0.6 is 0 Å². The van der Waals surface area contributed by atoms with Gasteiger partial charge < -0.3 is 5.11 Å². The summed E-state index contributed by atoms with van der Waals surface area (Å²) < 4.78 is 1.43. The maximum Gasteiger partial charge on any atom is 0.164 e. The number of aliphatic hydroxyl groups is 1. The Labute approximate surface area is 91.8 Å². The molecule has 6 heteroatoms. The van der Waals surface area contributed by atoms with E-state index in [1.807, 2.05) is 6.07 Å². The molecule has 0 amide bonds. The molecular formula is C10H9N5O. The first-order valence-corrected chi connectivity index (χ1v) is 4.59. The molecule has 0 aliphatic carbocycles. The van der Waals surface area contributed by atoms with Gasteiger partial charge in [-0.2, -0.15) is 5.26 Å². The molecule has 2 rings (SSSR count). The Morgan fingerprint density at radius 1 is 1.38 bits per heavy atom. The van der Waals surface area contributed by atoms with Gasteiger partial charge in [-0.3, -0.25) is 5.43 Å². The average Bonchev–Trinajstić information content (AvgIpc) is 2.82. The number of aliphatic hydroxyl groups excluding tert-OH is 1. The number of nitrogens with zero attached hydrogens (tertiary/aromatic N) is 4. The van der Waals surface area contributed by atoms with Gasteiger partial charge in [0.1, 0.15) is 12.7 Å². The van der Waals surface area contributed by atoms with Crippen LogP contribution in [0.25, 0.3) is 0 Å². The topological polar surface area (TPSA) is 86.8 Å². The van der Waals surface area contributed by atoms with Crippen molar-refractivity contribution >= 4 is 0 Å². The molecule has 80 valence electrons. The second kappa shape index (κ2) is 4.42. The first kappa shape index (κ1) is 10.1. The Kier molecular flexibility index (Phi) is 2.80. The monoisotopic (exact) mass is 215 g/mol. The molecule has 1 unspecified atom stereocenters. The summed E-state index contributed by atoms with van der Waals surface area (Å²) in [7, 11) is 0. The number of aromatic nitrogens is 3. The summed E-state index contributed by atoms with van der Waals surface area (Å²) in [5.74, 6) is 0. The molecule has 0 aliphatic heterocycles. The number of benzene rings is 1. The van der Waals surface area contributed by atoms with Crippen molar-refractivity contribution in [1.29, 1.82) is 5.26 Å². The van der Waals surface area contributed by atoms with E-state index in [1.165, 1.54) is 17.3 Å². The molecule has 0 spiro atoms. The molecular weight excluding hydrogens is 206 g/mol. The van der Waals surface area contributed by atoms with Crippen LogP contribution in [0.15, 0.2) is 36.9 Å². The van der Waals surface area contributed by atoms with Gasteiger partial charge in [-0.05, 0) is 12.1 Å². The van der Waals surface area contributed by atoms with E-state index in [9.17, 15) is 5.11 Å². The zero-order chi connectivity index (χ0) is 11.4. The minimum absolute atomic E-state index is 0.502. The minimum atomic E-state index is -0.913. The zero-order valence-corrected chi connectivity index (χ0v) is 8.28. The lowest BCUT2D eigenvalue weighted by molar-refractivity contribution is 0.191. The Morgan fingerprint density at radius 3 is 2.81 bits per heavy atom. The highest BCUT2D eigenvalue weighted by Crippen LogP contribution is 2.12. The first-order valence-electron chi connectivity index (χ1n) is 4.59. The summed E-state index contributed by atoms with van der Waals surface area (Å²) in [5.41, 5.74) is 3.83. The van der Waals surface area contributed by atoms with Crippen molar-refractivity contribution in [3.63, 3.8) is 0 Å². The van der Waals surface area contributed by atoms with E-state index in [0.29, 0.717) is 11.1 Å². The largest absolute Gasteiger partial charge is 0.368 e. The molecule has 1 heterocycles. The Bertz CT molecular complexity index is 502. The zero-order valence-electron chi connectivity index (χ0n) is 8.28. The molecule has 16 heavy (non-hydrogen) atoms. The predicted molar refractivity (Wildman–Crippen MR) is 55.5 cm³/mol. The Morgan fingerprint density at radius 2 is 2.12 bits per heavy atom. The number of hydrogen-bond acceptors (Lipinski definition) is 5. The van der Waals surface area contributed by atoms with Gasteiger partial charge in [0.05, 0.1) is 11.6 Å². The van der Waals surface area contributed by atoms with Crippen LogP contribution in [0.3, 0.4) is 0 Å². The number of nitriles is 1. The Balaban J connectivity index is 2.15. The van der Waals surface area contributed by atoms with Gasteiger partial charge in [-0.1, -0.05) is 12.1 Å². The predicted octanol–water partition coefficient (Wildman–Crippen LogP) is 0.384. The van der Waals surface area contributed by atoms with Crippen molar-refractivity contribution in [3.05, 3.63) is 48.0 Å². The van der Waals surface area contributed by atoms with Crippen LogP contribution in [0.1, 0.15) is 17.4 Å². The minimum Gasteiger partial charge on any atom is -0.368 e. The molecule has 2 aromatic rings. The van der Waals surface area contributed by atoms with E-state index in [4.69, 9.17) is 5.26 Å². The third-order valence-corrected chi connectivity index (χ3v) is 2.02. The van der Waals surface area contributed by atoms with E-state index in [-0.39, 0.29) is 0 Å². The normalized spacial score (nSPS) is 11.8. The van der Waals surface area contributed by atoms with Gasteiger partial charge in [0, 0.05) is 5.56 Å². The van der Waals surface area contributed by atoms with Gasteiger partial charge in [0.25, 0.3) is 0 Å². The van der Waals surface area contributed by atoms with Gasteiger partial charge in [-0.15, -0.1) is 10.2 Å². The fourth-order valence-electron chi connectivity index (χ4n) is 1.26. The molecule has 1 aromatic heterocycles. The van der Waals surface area contributed by atoms with E-state index in [1.54, 1.807) is 24.3 Å². The molecule has 1 atom stereocenters. The van der Waals surface area contributed by atoms with E-state index in [0.717, 1.165) is 0 Å². The van der Waals surface area contributed by atoms with Crippen LogP contribution in [0.4, 0.5) is 0 Å². The van der Waals surface area contributed by atoms with E-state index >= 15 is 0 Å². The molecule has 0 saturated heterocycles. The maximum atomic E-state index is 9.82. The number of nitrogens with one attached hydrogen (secondary N) is 1. The molecule has 6 nitrogen and oxygen atoms in total. The van der Waals surface area contributed by atoms with Gasteiger partial charge >= 0.3 is 0 Å². The lowest BCUT2D eigenvalue weighted by Crippen LogP contribution is -2.19. The maximum absolute atomic E-state index is 9.82. The summed E-state index contributed by atoms with van der Waals surface area (Å²) in [6.45, 7) is 0. The van der Waals surface area contributed by atoms with E-state index < -0.39 is 6.23 Å². The number of rotatable bonds is 3. The van der Waals surface area contributed by atoms with Crippen LogP contribution < -0.4 is 5.43 Å². The van der Waals surface area contributed by atoms with Crippen molar-refractivity contribution in [3.8, 4) is 6.07 Å². The second-order valence-corrected chi connectivity index (χ2v) is 3.14. The van der Waals surface area contributed by atoms with Crippen molar-refractivity contribution in [1.82, 2.24) is 14.9 Å². The summed E-state index contributed by atoms with van der Waals surface area (Å²) >= 11 is 0. The fraction of sp³-hybridized carbons (Fsp3) is 0.100. The molecule has 1 aromatic carbocycles. The molecule has 2 N–H and O–H groups in total. The SMILES string of the molecule is N#Cc1cccc(C(O)Nn2cnnc2)c1. The van der Waals surface area contributed by atoms with Crippen LogP contribution in [0, 0.1) is 11.3 Å². The molecule has 0 bridgehead atoms. The van der Waals surface area contributed by atoms with Gasteiger partial charge in [-0.25, -0.2) is 4.68 Å². The lowest BCUT2D eigenvalue weighted by atomic mass is 10.1. The van der Waals surface area contributed by atoms with Crippen molar-refractivity contribution in [2.75, 3.05) is 5.43 Å². The fourth-order valence-corrected chi connectivity index (χ4v) is 1.26. The van der Waals surface area contributed by atoms with Crippen molar-refractivity contribution in [2.45, 2.75) is 6.23 Å². The molecule has 0 saturated carbocycles. The van der Waals surface area contributed by atoms with E-state index in [2.05, 4.69) is 15.6 Å². The second-order valence-electron chi connectivity index (χ2n) is 3.14. The number of hydrogen-bond donors (Lipinski definition) is 2. The molecule has 0 fully saturated rings.